The molecule has 18 heavy (non-hydrogen) atoms. The van der Waals surface area contributed by atoms with Crippen molar-refractivity contribution in [2.75, 3.05) is 13.2 Å². The van der Waals surface area contributed by atoms with Crippen LogP contribution in [-0.4, -0.2) is 33.7 Å². The van der Waals surface area contributed by atoms with Gasteiger partial charge in [-0.05, 0) is 25.8 Å². The summed E-state index contributed by atoms with van der Waals surface area (Å²) in [5, 5.41) is 9.00. The van der Waals surface area contributed by atoms with Crippen LogP contribution in [0.15, 0.2) is 10.5 Å². The van der Waals surface area contributed by atoms with Crippen molar-refractivity contribution in [2.45, 2.75) is 30.8 Å². The lowest BCUT2D eigenvalue weighted by Gasteiger charge is -2.20. The number of furan rings is 1. The van der Waals surface area contributed by atoms with Gasteiger partial charge in [0.15, 0.2) is 0 Å². The van der Waals surface area contributed by atoms with Crippen LogP contribution in [-0.2, 0) is 21.3 Å². The van der Waals surface area contributed by atoms with Crippen LogP contribution < -0.4 is 0 Å². The van der Waals surface area contributed by atoms with Gasteiger partial charge in [0.2, 0.25) is 5.76 Å². The third-order valence-electron chi connectivity index (χ3n) is 2.99. The fourth-order valence-corrected chi connectivity index (χ4v) is 3.41. The molecule has 2 rings (SSSR count). The lowest BCUT2D eigenvalue weighted by molar-refractivity contribution is 0.0659. The second-order valence-corrected chi connectivity index (χ2v) is 6.08. The predicted molar refractivity (Wildman–Crippen MR) is 66.1 cm³/mol. The Kier molecular flexibility index (Phi) is 4.19. The highest BCUT2D eigenvalue weighted by atomic mass is 32.2. The van der Waals surface area contributed by atoms with Crippen LogP contribution in [0.1, 0.15) is 34.7 Å². The van der Waals surface area contributed by atoms with E-state index in [1.165, 1.54) is 0 Å². The van der Waals surface area contributed by atoms with E-state index in [9.17, 15) is 9.00 Å². The van der Waals surface area contributed by atoms with E-state index in [1.807, 2.05) is 0 Å². The van der Waals surface area contributed by atoms with Crippen molar-refractivity contribution >= 4 is 16.8 Å². The predicted octanol–water partition coefficient (Wildman–Crippen LogP) is 1.71. The molecule has 0 saturated carbocycles. The summed E-state index contributed by atoms with van der Waals surface area (Å²) in [4.78, 5) is 10.8. The van der Waals surface area contributed by atoms with Crippen molar-refractivity contribution in [3.8, 4) is 0 Å². The molecule has 1 saturated heterocycles. The van der Waals surface area contributed by atoms with Crippen molar-refractivity contribution in [2.24, 2.45) is 0 Å². The first kappa shape index (κ1) is 13.3. The summed E-state index contributed by atoms with van der Waals surface area (Å²) in [6.45, 7) is 2.97. The molecule has 1 aliphatic heterocycles. The number of aryl methyl sites for hydroxylation is 1. The summed E-state index contributed by atoms with van der Waals surface area (Å²) in [6, 6.07) is 1.65. The van der Waals surface area contributed by atoms with Gasteiger partial charge in [-0.1, -0.05) is 0 Å². The fraction of sp³-hybridized carbons (Fsp3) is 0.583. The van der Waals surface area contributed by atoms with E-state index in [4.69, 9.17) is 14.3 Å². The smallest absolute Gasteiger partial charge is 0.372 e. The zero-order valence-electron chi connectivity index (χ0n) is 10.2. The third kappa shape index (κ3) is 3.00. The highest BCUT2D eigenvalue weighted by molar-refractivity contribution is 7.84. The molecule has 2 heterocycles. The van der Waals surface area contributed by atoms with Crippen molar-refractivity contribution < 1.29 is 23.3 Å². The summed E-state index contributed by atoms with van der Waals surface area (Å²) >= 11 is 0. The standard InChI is InChI=1S/C12H16O5S/c1-8-6-9(17-11(8)12(13)14)7-18(15)10-2-4-16-5-3-10/h6,10H,2-5,7H2,1H3,(H,13,14). The minimum atomic E-state index is -1.09. The van der Waals surface area contributed by atoms with Crippen molar-refractivity contribution in [3.63, 3.8) is 0 Å². The summed E-state index contributed by atoms with van der Waals surface area (Å²) in [7, 11) is -1.03. The van der Waals surface area contributed by atoms with Crippen LogP contribution in [0.25, 0.3) is 0 Å². The fourth-order valence-electron chi connectivity index (χ4n) is 2.03. The number of hydrogen-bond acceptors (Lipinski definition) is 4. The zero-order chi connectivity index (χ0) is 13.1. The lowest BCUT2D eigenvalue weighted by atomic mass is 10.2. The normalized spacial score (nSPS) is 18.7. The van der Waals surface area contributed by atoms with E-state index in [-0.39, 0.29) is 16.8 Å². The Labute approximate surface area is 108 Å². The van der Waals surface area contributed by atoms with Gasteiger partial charge in [-0.2, -0.15) is 0 Å². The number of carboxylic acids is 1. The Morgan fingerprint density at radius 1 is 1.50 bits per heavy atom. The van der Waals surface area contributed by atoms with Gasteiger partial charge < -0.3 is 14.3 Å². The van der Waals surface area contributed by atoms with Crippen molar-refractivity contribution in [1.82, 2.24) is 0 Å². The Balaban J connectivity index is 2.02. The van der Waals surface area contributed by atoms with Gasteiger partial charge >= 0.3 is 5.97 Å². The van der Waals surface area contributed by atoms with Gasteiger partial charge in [-0.15, -0.1) is 0 Å². The molecule has 1 atom stereocenters. The second-order valence-electron chi connectivity index (χ2n) is 4.37. The first-order valence-electron chi connectivity index (χ1n) is 5.85. The number of aromatic carboxylic acids is 1. The van der Waals surface area contributed by atoms with Crippen LogP contribution in [0.5, 0.6) is 0 Å². The van der Waals surface area contributed by atoms with Crippen LogP contribution in [0.2, 0.25) is 0 Å². The molecule has 1 aromatic rings. The molecule has 1 aliphatic rings. The lowest BCUT2D eigenvalue weighted by Crippen LogP contribution is -2.25. The first-order chi connectivity index (χ1) is 8.58. The Morgan fingerprint density at radius 2 is 2.17 bits per heavy atom. The van der Waals surface area contributed by atoms with E-state index in [0.717, 1.165) is 12.8 Å². The molecule has 0 bridgehead atoms. The van der Waals surface area contributed by atoms with Gasteiger partial charge in [-0.3, -0.25) is 4.21 Å². The second kappa shape index (κ2) is 5.67. The minimum absolute atomic E-state index is 0.0611. The van der Waals surface area contributed by atoms with Crippen LogP contribution in [0, 0.1) is 6.92 Å². The minimum Gasteiger partial charge on any atom is -0.475 e. The molecule has 0 spiro atoms. The molecule has 1 fully saturated rings. The maximum atomic E-state index is 12.1. The summed E-state index contributed by atoms with van der Waals surface area (Å²) in [6.07, 6.45) is 1.58. The first-order valence-corrected chi connectivity index (χ1v) is 7.23. The Hall–Kier alpha value is -1.14. The van der Waals surface area contributed by atoms with Crippen molar-refractivity contribution in [3.05, 3.63) is 23.2 Å². The van der Waals surface area contributed by atoms with Crippen LogP contribution >= 0.6 is 0 Å². The quantitative estimate of drug-likeness (QED) is 0.903. The molecule has 5 nitrogen and oxygen atoms in total. The van der Waals surface area contributed by atoms with E-state index in [0.29, 0.717) is 24.5 Å². The average molecular weight is 272 g/mol. The average Bonchev–Trinajstić information content (AvgIpc) is 2.71. The topological polar surface area (TPSA) is 76.7 Å². The number of hydrogen-bond donors (Lipinski definition) is 1. The zero-order valence-corrected chi connectivity index (χ0v) is 11.0. The van der Waals surface area contributed by atoms with E-state index in [1.54, 1.807) is 13.0 Å². The summed E-state index contributed by atoms with van der Waals surface area (Å²) in [5.74, 6) is -0.391. The largest absolute Gasteiger partial charge is 0.475 e. The highest BCUT2D eigenvalue weighted by Crippen LogP contribution is 2.20. The molecular weight excluding hydrogens is 256 g/mol. The van der Waals surface area contributed by atoms with E-state index < -0.39 is 16.8 Å². The molecule has 100 valence electrons. The molecular formula is C12H16O5S. The molecule has 0 radical (unpaired) electrons. The summed E-state index contributed by atoms with van der Waals surface area (Å²) in [5.41, 5.74) is 0.571. The molecule has 6 heteroatoms. The Bertz CT molecular complexity index is 459. The number of carboxylic acid groups (broad SMARTS) is 1. The molecule has 1 N–H and O–H groups in total. The third-order valence-corrected chi connectivity index (χ3v) is 4.77. The maximum absolute atomic E-state index is 12.1. The number of ether oxygens (including phenoxy) is 1. The SMILES string of the molecule is Cc1cc(CS(=O)C2CCOCC2)oc1C(=O)O. The molecule has 1 aromatic heterocycles. The highest BCUT2D eigenvalue weighted by Gasteiger charge is 2.22. The van der Waals surface area contributed by atoms with Gasteiger partial charge in [0.05, 0.1) is 5.75 Å². The molecule has 0 amide bonds. The van der Waals surface area contributed by atoms with E-state index >= 15 is 0 Å². The van der Waals surface area contributed by atoms with Gasteiger partial charge in [0.25, 0.3) is 0 Å². The molecule has 0 aliphatic carbocycles. The maximum Gasteiger partial charge on any atom is 0.372 e. The number of rotatable bonds is 4. The van der Waals surface area contributed by atoms with Gasteiger partial charge in [0.1, 0.15) is 5.76 Å². The summed E-state index contributed by atoms with van der Waals surface area (Å²) < 4.78 is 22.5. The molecule has 1 unspecified atom stereocenters. The van der Waals surface area contributed by atoms with Crippen molar-refractivity contribution in [1.29, 1.82) is 0 Å². The van der Waals surface area contributed by atoms with Gasteiger partial charge in [0, 0.05) is 34.8 Å². The van der Waals surface area contributed by atoms with E-state index in [2.05, 4.69) is 0 Å². The van der Waals surface area contributed by atoms with Gasteiger partial charge in [-0.25, -0.2) is 4.79 Å². The monoisotopic (exact) mass is 272 g/mol. The van der Waals surface area contributed by atoms with Crippen LogP contribution in [0.3, 0.4) is 0 Å². The Morgan fingerprint density at radius 3 is 2.72 bits per heavy atom. The number of carbonyl (C=O) groups is 1. The molecule has 0 aromatic carbocycles. The van der Waals surface area contributed by atoms with Crippen LogP contribution in [0.4, 0.5) is 0 Å².